The molecule has 0 spiro atoms. The summed E-state index contributed by atoms with van der Waals surface area (Å²) in [6.45, 7) is 6.55. The monoisotopic (exact) mass is 866 g/mol. The van der Waals surface area contributed by atoms with E-state index in [1.807, 2.05) is 12.1 Å². The maximum Gasteiger partial charge on any atom is 0.346 e. The maximum atomic E-state index is 11.9. The Kier molecular flexibility index (Phi) is 10.6. The van der Waals surface area contributed by atoms with Crippen LogP contribution in [0, 0.1) is 18.3 Å². The van der Waals surface area contributed by atoms with Crippen LogP contribution >= 0.6 is 34.4 Å². The van der Waals surface area contributed by atoms with Gasteiger partial charge in [0.25, 0.3) is 0 Å². The average Bonchev–Trinajstić information content (AvgIpc) is 4.10. The molecular weight excluding hydrogens is 825 g/mol. The highest BCUT2D eigenvalue weighted by Crippen LogP contribution is 2.47. The number of thiophene rings is 2. The van der Waals surface area contributed by atoms with Crippen LogP contribution in [0.2, 0.25) is 0 Å². The first-order valence-electron chi connectivity index (χ1n) is 21.2. The second kappa shape index (κ2) is 16.5. The zero-order valence-corrected chi connectivity index (χ0v) is 37.1. The number of hydrogen-bond acceptors (Lipinski definition) is 9. The van der Waals surface area contributed by atoms with Gasteiger partial charge in [-0.25, -0.2) is 14.8 Å². The Hall–Kier alpha value is -6.32. The van der Waals surface area contributed by atoms with Gasteiger partial charge in [-0.3, -0.25) is 0 Å². The number of aliphatic carboxylic acids is 1. The summed E-state index contributed by atoms with van der Waals surface area (Å²) in [6, 6.07) is 34.4. The number of para-hydroxylation sites is 1. The Labute approximate surface area is 370 Å². The highest BCUT2D eigenvalue weighted by atomic mass is 32.1. The van der Waals surface area contributed by atoms with Gasteiger partial charge < -0.3 is 9.67 Å². The molecule has 0 amide bonds. The van der Waals surface area contributed by atoms with Crippen LogP contribution < -0.4 is 0 Å². The van der Waals surface area contributed by atoms with E-state index in [1.54, 1.807) is 11.3 Å². The van der Waals surface area contributed by atoms with Crippen molar-refractivity contribution in [2.24, 2.45) is 0 Å². The standard InChI is InChI=1S/C51H42N6O2S3/c1-4-6-8-13-40-41(14-9-7-5-2)54-46-39-27-44(61-50(39)49-38(45(46)53-40)26-33(60-49)24-31(28-52)51(58)59)36-22-21-34(47-48(36)56-62-55-47)30-18-23-43-37(25-30)35-12-10-11-15-42(35)57(43)32-19-16-29(3)17-20-32/h10-12,15-27H,4-9,13-14H2,1-3H3,(H,58,59)/b31-24-. The van der Waals surface area contributed by atoms with Crippen LogP contribution in [0.15, 0.2) is 96.6 Å². The quantitative estimate of drug-likeness (QED) is 0.0696. The van der Waals surface area contributed by atoms with Crippen molar-refractivity contribution in [3.8, 4) is 33.3 Å². The van der Waals surface area contributed by atoms with Crippen LogP contribution in [-0.2, 0) is 17.6 Å². The van der Waals surface area contributed by atoms with Crippen molar-refractivity contribution < 1.29 is 9.90 Å². The number of unbranched alkanes of at least 4 members (excludes halogenated alkanes) is 4. The van der Waals surface area contributed by atoms with Crippen LogP contribution in [0.1, 0.15) is 74.2 Å². The number of aromatic nitrogens is 5. The van der Waals surface area contributed by atoms with Crippen molar-refractivity contribution in [2.75, 3.05) is 0 Å². The average molecular weight is 867 g/mol. The van der Waals surface area contributed by atoms with Crippen molar-refractivity contribution in [2.45, 2.75) is 72.1 Å². The van der Waals surface area contributed by atoms with Crippen molar-refractivity contribution in [3.05, 3.63) is 118 Å². The predicted octanol–water partition coefficient (Wildman–Crippen LogP) is 14.3. The Morgan fingerprint density at radius 2 is 1.35 bits per heavy atom. The highest BCUT2D eigenvalue weighted by Gasteiger charge is 2.23. The zero-order chi connectivity index (χ0) is 42.5. The number of carboxylic acids is 1. The lowest BCUT2D eigenvalue weighted by molar-refractivity contribution is -0.132. The van der Waals surface area contributed by atoms with Crippen molar-refractivity contribution in [1.29, 1.82) is 5.26 Å². The molecule has 0 bridgehead atoms. The minimum atomic E-state index is -1.24. The summed E-state index contributed by atoms with van der Waals surface area (Å²) >= 11 is 4.40. The SMILES string of the molecule is CCCCCc1nc2c3cc(/C=C(/C#N)C(=O)O)sc3c3sc(-c4ccc(-c5ccc6c(c5)c5ccccc5n6-c5ccc(C)cc5)c5nsnc45)cc3c2nc1CCCCC. The molecule has 5 aromatic heterocycles. The van der Waals surface area contributed by atoms with Crippen LogP contribution in [0.3, 0.4) is 0 Å². The first-order chi connectivity index (χ1) is 30.3. The largest absolute Gasteiger partial charge is 0.477 e. The normalized spacial score (nSPS) is 12.2. The maximum absolute atomic E-state index is 11.9. The minimum Gasteiger partial charge on any atom is -0.477 e. The molecule has 0 aliphatic carbocycles. The number of fused-ring (bicyclic) bond motifs is 10. The third kappa shape index (κ3) is 6.92. The molecule has 306 valence electrons. The third-order valence-electron chi connectivity index (χ3n) is 11.9. The number of aryl methyl sites for hydroxylation is 3. The summed E-state index contributed by atoms with van der Waals surface area (Å²) in [5, 5.41) is 23.7. The molecule has 0 unspecified atom stereocenters. The number of hydrogen-bond donors (Lipinski definition) is 1. The number of carbonyl (C=O) groups is 1. The molecule has 10 rings (SSSR count). The lowest BCUT2D eigenvalue weighted by atomic mass is 9.99. The molecule has 5 heterocycles. The first kappa shape index (κ1) is 39.8. The van der Waals surface area contributed by atoms with Gasteiger partial charge in [0.15, 0.2) is 0 Å². The Balaban J connectivity index is 1.14. The molecule has 0 radical (unpaired) electrons. The third-order valence-corrected chi connectivity index (χ3v) is 14.8. The summed E-state index contributed by atoms with van der Waals surface area (Å²) in [4.78, 5) is 24.5. The van der Waals surface area contributed by atoms with Gasteiger partial charge in [0, 0.05) is 48.1 Å². The van der Waals surface area contributed by atoms with Gasteiger partial charge in [0.2, 0.25) is 0 Å². The smallest absolute Gasteiger partial charge is 0.346 e. The summed E-state index contributed by atoms with van der Waals surface area (Å²) in [5.74, 6) is -1.24. The van der Waals surface area contributed by atoms with Gasteiger partial charge in [-0.2, -0.15) is 14.0 Å². The molecule has 0 fully saturated rings. The van der Waals surface area contributed by atoms with Gasteiger partial charge in [0.05, 0.1) is 54.6 Å². The van der Waals surface area contributed by atoms with E-state index in [-0.39, 0.29) is 5.57 Å². The lowest BCUT2D eigenvalue weighted by Crippen LogP contribution is -2.04. The molecule has 8 nitrogen and oxygen atoms in total. The molecule has 62 heavy (non-hydrogen) atoms. The Morgan fingerprint density at radius 1 is 0.710 bits per heavy atom. The van der Waals surface area contributed by atoms with E-state index in [2.05, 4.69) is 110 Å². The molecule has 5 aromatic carbocycles. The lowest BCUT2D eigenvalue weighted by Gasteiger charge is -2.11. The predicted molar refractivity (Wildman–Crippen MR) is 259 cm³/mol. The number of rotatable bonds is 13. The molecule has 0 saturated heterocycles. The summed E-state index contributed by atoms with van der Waals surface area (Å²) in [5.41, 5.74) is 13.0. The van der Waals surface area contributed by atoms with Crippen molar-refractivity contribution >= 4 is 110 Å². The molecule has 11 heteroatoms. The number of nitriles is 1. The second-order valence-corrected chi connectivity index (χ2v) is 18.7. The van der Waals surface area contributed by atoms with Gasteiger partial charge in [-0.1, -0.05) is 93.6 Å². The molecular formula is C51H42N6O2S3. The Bertz CT molecular complexity index is 3460. The van der Waals surface area contributed by atoms with E-state index in [0.29, 0.717) is 4.88 Å². The summed E-state index contributed by atoms with van der Waals surface area (Å²) < 4.78 is 14.2. The fourth-order valence-corrected chi connectivity index (χ4v) is 11.8. The number of carboxylic acid groups (broad SMARTS) is 1. The van der Waals surface area contributed by atoms with Gasteiger partial charge >= 0.3 is 5.97 Å². The molecule has 0 aliphatic heterocycles. The highest BCUT2D eigenvalue weighted by molar-refractivity contribution is 7.29. The Morgan fingerprint density at radius 3 is 2.05 bits per heavy atom. The zero-order valence-electron chi connectivity index (χ0n) is 34.7. The molecule has 0 aliphatic rings. The minimum absolute atomic E-state index is 0.303. The van der Waals surface area contributed by atoms with E-state index < -0.39 is 5.97 Å². The fraction of sp³-hybridized carbons (Fsp3) is 0.216. The second-order valence-electron chi connectivity index (χ2n) is 16.0. The van der Waals surface area contributed by atoms with Crippen LogP contribution in [0.25, 0.3) is 97.4 Å². The topological polar surface area (TPSA) is 118 Å². The van der Waals surface area contributed by atoms with Crippen LogP contribution in [0.5, 0.6) is 0 Å². The first-order valence-corrected chi connectivity index (χ1v) is 23.6. The number of benzene rings is 5. The van der Waals surface area contributed by atoms with Gasteiger partial charge in [-0.15, -0.1) is 22.7 Å². The van der Waals surface area contributed by atoms with Crippen molar-refractivity contribution in [1.82, 2.24) is 23.3 Å². The fourth-order valence-electron chi connectivity index (χ4n) is 8.75. The van der Waals surface area contributed by atoms with Gasteiger partial charge in [-0.05, 0) is 86.7 Å². The molecule has 0 atom stereocenters. The molecule has 10 aromatic rings. The van der Waals surface area contributed by atoms with Crippen molar-refractivity contribution in [3.63, 3.8) is 0 Å². The van der Waals surface area contributed by atoms with E-state index >= 15 is 0 Å². The van der Waals surface area contributed by atoms with E-state index in [0.717, 1.165) is 143 Å². The van der Waals surface area contributed by atoms with Gasteiger partial charge in [0.1, 0.15) is 22.7 Å². The van der Waals surface area contributed by atoms with Crippen LogP contribution in [-0.4, -0.2) is 34.4 Å². The number of nitrogens with zero attached hydrogens (tertiary/aromatic N) is 6. The van der Waals surface area contributed by atoms with E-state index in [9.17, 15) is 15.2 Å². The van der Waals surface area contributed by atoms with Crippen LogP contribution in [0.4, 0.5) is 0 Å². The van der Waals surface area contributed by atoms with E-state index in [1.165, 1.54) is 45.5 Å². The summed E-state index contributed by atoms with van der Waals surface area (Å²) in [6.07, 6.45) is 9.82. The van der Waals surface area contributed by atoms with E-state index in [4.69, 9.17) is 18.7 Å². The summed E-state index contributed by atoms with van der Waals surface area (Å²) in [7, 11) is 0. The molecule has 1 N–H and O–H groups in total. The molecule has 0 saturated carbocycles.